The van der Waals surface area contributed by atoms with Gasteiger partial charge in [0.15, 0.2) is 0 Å². The second-order valence-corrected chi connectivity index (χ2v) is 8.61. The summed E-state index contributed by atoms with van der Waals surface area (Å²) in [5.74, 6) is 3.10. The van der Waals surface area contributed by atoms with Crippen LogP contribution in [0, 0.1) is 0 Å². The highest BCUT2D eigenvalue weighted by Crippen LogP contribution is 2.24. The average Bonchev–Trinajstić information content (AvgIpc) is 2.42. The summed E-state index contributed by atoms with van der Waals surface area (Å²) in [6.45, 7) is 0. The summed E-state index contributed by atoms with van der Waals surface area (Å²) in [7, 11) is 5.57. The topological polar surface area (TPSA) is 37.3 Å². The van der Waals surface area contributed by atoms with Crippen molar-refractivity contribution in [2.24, 2.45) is 0 Å². The molecule has 20 heavy (non-hydrogen) atoms. The molecule has 6 heteroatoms. The lowest BCUT2D eigenvalue weighted by molar-refractivity contribution is -0.137. The van der Waals surface area contributed by atoms with Crippen molar-refractivity contribution in [1.29, 1.82) is 0 Å². The lowest BCUT2D eigenvalue weighted by atomic mass is 10.1. The highest BCUT2D eigenvalue weighted by molar-refractivity contribution is 8.00. The molecule has 0 spiro atoms. The number of thioether (sulfide) groups is 2. The zero-order chi connectivity index (χ0) is 15.1. The van der Waals surface area contributed by atoms with E-state index in [1.807, 2.05) is 0 Å². The number of carboxylic acid groups (broad SMARTS) is 1. The third kappa shape index (κ3) is 15.4. The van der Waals surface area contributed by atoms with Crippen LogP contribution in [-0.2, 0) is 4.79 Å². The SMILES string of the molecule is O=C(O)CCCCC(CCSCCCP)SCCCP. The molecule has 2 nitrogen and oxygen atoms in total. The highest BCUT2D eigenvalue weighted by atomic mass is 32.2. The molecule has 0 fully saturated rings. The van der Waals surface area contributed by atoms with E-state index in [-0.39, 0.29) is 0 Å². The molecule has 0 rings (SSSR count). The van der Waals surface area contributed by atoms with Crippen molar-refractivity contribution in [2.75, 3.05) is 29.6 Å². The van der Waals surface area contributed by atoms with Crippen molar-refractivity contribution in [3.8, 4) is 0 Å². The lowest BCUT2D eigenvalue weighted by Crippen LogP contribution is -2.07. The third-order valence-corrected chi connectivity index (χ3v) is 6.33. The van der Waals surface area contributed by atoms with Gasteiger partial charge in [0.25, 0.3) is 0 Å². The molecule has 0 aliphatic carbocycles. The zero-order valence-electron chi connectivity index (χ0n) is 12.4. The van der Waals surface area contributed by atoms with E-state index in [1.54, 1.807) is 0 Å². The smallest absolute Gasteiger partial charge is 0.303 e. The van der Waals surface area contributed by atoms with Gasteiger partial charge in [-0.05, 0) is 61.7 Å². The first-order valence-electron chi connectivity index (χ1n) is 7.52. The molecule has 0 radical (unpaired) electrons. The standard InChI is InChI=1S/C14H30O2P2S2/c15-14(16)6-2-1-5-13(20-11-4-9-18)7-12-19-10-3-8-17/h13H,1-12,17-18H2,(H,15,16). The molecule has 0 amide bonds. The summed E-state index contributed by atoms with van der Waals surface area (Å²) in [5, 5.41) is 9.39. The normalized spacial score (nSPS) is 12.5. The minimum Gasteiger partial charge on any atom is -0.481 e. The Hall–Kier alpha value is 1.03. The van der Waals surface area contributed by atoms with Crippen LogP contribution < -0.4 is 0 Å². The van der Waals surface area contributed by atoms with Gasteiger partial charge in [-0.25, -0.2) is 0 Å². The van der Waals surface area contributed by atoms with Gasteiger partial charge in [0, 0.05) is 11.7 Å². The minimum atomic E-state index is -0.662. The molecule has 120 valence electrons. The molecule has 0 aliphatic heterocycles. The van der Waals surface area contributed by atoms with Gasteiger partial charge >= 0.3 is 5.97 Å². The fourth-order valence-electron chi connectivity index (χ4n) is 1.79. The van der Waals surface area contributed by atoms with Crippen LogP contribution in [0.25, 0.3) is 0 Å². The van der Waals surface area contributed by atoms with Gasteiger partial charge in [-0.15, -0.1) is 18.5 Å². The van der Waals surface area contributed by atoms with Crippen LogP contribution >= 0.6 is 42.0 Å². The maximum Gasteiger partial charge on any atom is 0.303 e. The van der Waals surface area contributed by atoms with Crippen molar-refractivity contribution in [3.63, 3.8) is 0 Å². The molecule has 3 atom stereocenters. The van der Waals surface area contributed by atoms with Crippen LogP contribution in [0.3, 0.4) is 0 Å². The van der Waals surface area contributed by atoms with E-state index in [0.717, 1.165) is 18.1 Å². The second-order valence-electron chi connectivity index (χ2n) is 4.82. The van der Waals surface area contributed by atoms with Gasteiger partial charge in [-0.2, -0.15) is 23.5 Å². The molecule has 1 N–H and O–H groups in total. The predicted molar refractivity (Wildman–Crippen MR) is 103 cm³/mol. The lowest BCUT2D eigenvalue weighted by Gasteiger charge is -2.16. The van der Waals surface area contributed by atoms with Gasteiger partial charge < -0.3 is 5.11 Å². The van der Waals surface area contributed by atoms with Crippen molar-refractivity contribution < 1.29 is 9.90 Å². The zero-order valence-corrected chi connectivity index (χ0v) is 16.3. The van der Waals surface area contributed by atoms with Crippen molar-refractivity contribution in [2.45, 2.75) is 50.2 Å². The first-order chi connectivity index (χ1) is 9.70. The van der Waals surface area contributed by atoms with Crippen LogP contribution in [0.4, 0.5) is 0 Å². The molecule has 0 bridgehead atoms. The predicted octanol–water partition coefficient (Wildman–Crippen LogP) is 4.39. The van der Waals surface area contributed by atoms with E-state index < -0.39 is 5.97 Å². The fourth-order valence-corrected chi connectivity index (χ4v) is 5.25. The maximum absolute atomic E-state index is 10.5. The van der Waals surface area contributed by atoms with E-state index in [4.69, 9.17) is 5.11 Å². The van der Waals surface area contributed by atoms with Gasteiger partial charge in [0.2, 0.25) is 0 Å². The minimum absolute atomic E-state index is 0.325. The molecule has 0 aliphatic rings. The maximum atomic E-state index is 10.5. The number of carboxylic acids is 1. The Bertz CT molecular complexity index is 231. The molecule has 0 saturated heterocycles. The van der Waals surface area contributed by atoms with E-state index in [2.05, 4.69) is 42.0 Å². The van der Waals surface area contributed by atoms with E-state index >= 15 is 0 Å². The van der Waals surface area contributed by atoms with Crippen molar-refractivity contribution in [1.82, 2.24) is 0 Å². The molecule has 0 aromatic heterocycles. The largest absolute Gasteiger partial charge is 0.481 e. The third-order valence-electron chi connectivity index (χ3n) is 2.95. The Morgan fingerprint density at radius 3 is 2.30 bits per heavy atom. The number of hydrogen-bond donors (Lipinski definition) is 1. The average molecular weight is 356 g/mol. The number of rotatable bonds is 15. The summed E-state index contributed by atoms with van der Waals surface area (Å²) in [4.78, 5) is 10.5. The van der Waals surface area contributed by atoms with Crippen LogP contribution in [0.5, 0.6) is 0 Å². The molecular formula is C14H30O2P2S2. The molecule has 0 saturated carbocycles. The van der Waals surface area contributed by atoms with Crippen LogP contribution in [0.2, 0.25) is 0 Å². The Morgan fingerprint density at radius 1 is 0.950 bits per heavy atom. The summed E-state index contributed by atoms with van der Waals surface area (Å²) in [5.41, 5.74) is 0. The molecule has 0 aromatic carbocycles. The molecule has 0 aromatic rings. The highest BCUT2D eigenvalue weighted by Gasteiger charge is 2.09. The van der Waals surface area contributed by atoms with Crippen molar-refractivity contribution >= 4 is 48.0 Å². The molecular weight excluding hydrogens is 326 g/mol. The van der Waals surface area contributed by atoms with E-state index in [0.29, 0.717) is 6.42 Å². The van der Waals surface area contributed by atoms with E-state index in [1.165, 1.54) is 55.3 Å². The quantitative estimate of drug-likeness (QED) is 0.349. The Kier molecular flexibility index (Phi) is 17.2. The van der Waals surface area contributed by atoms with Crippen molar-refractivity contribution in [3.05, 3.63) is 0 Å². The van der Waals surface area contributed by atoms with Crippen LogP contribution in [-0.4, -0.2) is 45.9 Å². The summed E-state index contributed by atoms with van der Waals surface area (Å²) in [6, 6.07) is 0. The first kappa shape index (κ1) is 21.0. The number of unbranched alkanes of at least 4 members (excludes halogenated alkanes) is 1. The number of carbonyl (C=O) groups is 1. The summed E-state index contributed by atoms with van der Waals surface area (Å²) < 4.78 is 0. The van der Waals surface area contributed by atoms with Gasteiger partial charge in [-0.1, -0.05) is 6.42 Å². The van der Waals surface area contributed by atoms with Gasteiger partial charge in [-0.3, -0.25) is 4.79 Å². The number of aliphatic carboxylic acids is 1. The van der Waals surface area contributed by atoms with E-state index in [9.17, 15) is 4.79 Å². The number of hydrogen-bond acceptors (Lipinski definition) is 3. The van der Waals surface area contributed by atoms with Crippen LogP contribution in [0.1, 0.15) is 44.9 Å². The monoisotopic (exact) mass is 356 g/mol. The van der Waals surface area contributed by atoms with Crippen LogP contribution in [0.15, 0.2) is 0 Å². The Balaban J connectivity index is 3.72. The fraction of sp³-hybridized carbons (Fsp3) is 0.929. The van der Waals surface area contributed by atoms with Gasteiger partial charge in [0.05, 0.1) is 0 Å². The summed E-state index contributed by atoms with van der Waals surface area (Å²) in [6.07, 6.45) is 9.61. The molecule has 0 heterocycles. The summed E-state index contributed by atoms with van der Waals surface area (Å²) >= 11 is 4.16. The Labute approximate surface area is 137 Å². The first-order valence-corrected chi connectivity index (χ1v) is 11.4. The Morgan fingerprint density at radius 2 is 1.65 bits per heavy atom. The second kappa shape index (κ2) is 16.4. The van der Waals surface area contributed by atoms with Gasteiger partial charge in [0.1, 0.15) is 0 Å². The molecule has 3 unspecified atom stereocenters.